The molecule has 154 valence electrons. The van der Waals surface area contributed by atoms with Gasteiger partial charge in [0, 0.05) is 39.7 Å². The Morgan fingerprint density at radius 3 is 2.61 bits per heavy atom. The van der Waals surface area contributed by atoms with E-state index in [2.05, 4.69) is 11.4 Å². The lowest BCUT2D eigenvalue weighted by Crippen LogP contribution is -2.50. The minimum atomic E-state index is -1.53. The fraction of sp³-hybridized carbons (Fsp3) is 0.208. The summed E-state index contributed by atoms with van der Waals surface area (Å²) >= 11 is 6.06. The lowest BCUT2D eigenvalue weighted by atomic mass is 9.63. The fourth-order valence-corrected chi connectivity index (χ4v) is 5.12. The van der Waals surface area contributed by atoms with Crippen molar-refractivity contribution >= 4 is 34.7 Å². The second kappa shape index (κ2) is 6.73. The number of fused-ring (bicyclic) bond motifs is 3. The predicted octanol–water partition coefficient (Wildman–Crippen LogP) is 4.06. The number of carbonyl (C=O) groups is 2. The highest BCUT2D eigenvalue weighted by molar-refractivity contribution is 6.30. The summed E-state index contributed by atoms with van der Waals surface area (Å²) in [6.07, 6.45) is 1.54. The number of rotatable bonds is 1. The summed E-state index contributed by atoms with van der Waals surface area (Å²) in [5.41, 5.74) is 8.97. The number of nitrogens with two attached hydrogens (primary N) is 1. The zero-order valence-corrected chi connectivity index (χ0v) is 17.6. The van der Waals surface area contributed by atoms with Crippen LogP contribution in [0.5, 0.6) is 0 Å². The molecule has 1 unspecified atom stereocenters. The molecule has 1 amide bonds. The number of ketones is 1. The number of Topliss-reactive ketones (excluding diaryl/α,β-unsaturated/α-hetero) is 1. The van der Waals surface area contributed by atoms with Gasteiger partial charge in [-0.05, 0) is 50.1 Å². The number of hydrogen-bond acceptors (Lipinski definition) is 5. The Morgan fingerprint density at radius 1 is 1.16 bits per heavy atom. The number of nitrogens with zero attached hydrogens (tertiary/aromatic N) is 2. The van der Waals surface area contributed by atoms with E-state index >= 15 is 0 Å². The summed E-state index contributed by atoms with van der Waals surface area (Å²) in [6, 6.07) is 14.8. The molecule has 3 N–H and O–H groups in total. The van der Waals surface area contributed by atoms with E-state index in [1.54, 1.807) is 29.2 Å². The monoisotopic (exact) mass is 430 g/mol. The van der Waals surface area contributed by atoms with E-state index in [0.29, 0.717) is 52.5 Å². The molecule has 1 atom stereocenters. The molecule has 0 bridgehead atoms. The molecule has 0 saturated heterocycles. The van der Waals surface area contributed by atoms with Crippen LogP contribution >= 0.6 is 11.6 Å². The lowest BCUT2D eigenvalue weighted by Gasteiger charge is -2.43. The van der Waals surface area contributed by atoms with E-state index in [4.69, 9.17) is 17.3 Å². The maximum Gasteiger partial charge on any atom is 0.245 e. The van der Waals surface area contributed by atoms with Gasteiger partial charge in [-0.2, -0.15) is 5.26 Å². The lowest BCUT2D eigenvalue weighted by molar-refractivity contribution is -0.122. The van der Waals surface area contributed by atoms with Gasteiger partial charge >= 0.3 is 0 Å². The summed E-state index contributed by atoms with van der Waals surface area (Å²) in [6.45, 7) is 1.91. The summed E-state index contributed by atoms with van der Waals surface area (Å²) in [5, 5.41) is 13.7. The number of carbonyl (C=O) groups excluding carboxylic acids is 2. The minimum Gasteiger partial charge on any atom is -0.384 e. The molecule has 7 heteroatoms. The molecular formula is C24H19ClN4O2. The molecule has 1 aliphatic carbocycles. The van der Waals surface area contributed by atoms with Crippen molar-refractivity contribution in [1.29, 1.82) is 5.26 Å². The number of benzene rings is 2. The highest BCUT2D eigenvalue weighted by atomic mass is 35.5. The van der Waals surface area contributed by atoms with Crippen molar-refractivity contribution in [1.82, 2.24) is 0 Å². The maximum atomic E-state index is 13.5. The Labute approximate surface area is 184 Å². The third kappa shape index (κ3) is 2.50. The zero-order chi connectivity index (χ0) is 21.9. The van der Waals surface area contributed by atoms with Gasteiger partial charge in [-0.25, -0.2) is 0 Å². The molecule has 0 radical (unpaired) electrons. The van der Waals surface area contributed by atoms with E-state index in [0.717, 1.165) is 5.56 Å². The van der Waals surface area contributed by atoms with E-state index in [1.165, 1.54) is 0 Å². The van der Waals surface area contributed by atoms with Crippen molar-refractivity contribution < 1.29 is 9.59 Å². The third-order valence-corrected chi connectivity index (χ3v) is 6.52. The molecule has 0 fully saturated rings. The number of allylic oxidation sites excluding steroid dienone is 1. The van der Waals surface area contributed by atoms with Gasteiger partial charge in [0.05, 0.1) is 5.57 Å². The summed E-state index contributed by atoms with van der Waals surface area (Å²) in [7, 11) is 0. The van der Waals surface area contributed by atoms with Crippen LogP contribution in [0.3, 0.4) is 0 Å². The van der Waals surface area contributed by atoms with Crippen LogP contribution in [0, 0.1) is 18.3 Å². The van der Waals surface area contributed by atoms with Crippen LogP contribution in [0.1, 0.15) is 30.4 Å². The average molecular weight is 431 g/mol. The summed E-state index contributed by atoms with van der Waals surface area (Å²) in [5.74, 6) is -0.390. The minimum absolute atomic E-state index is 0.0679. The molecule has 0 aromatic heterocycles. The van der Waals surface area contributed by atoms with E-state index in [-0.39, 0.29) is 17.2 Å². The van der Waals surface area contributed by atoms with Gasteiger partial charge < -0.3 is 11.1 Å². The van der Waals surface area contributed by atoms with Crippen LogP contribution in [0.25, 0.3) is 0 Å². The van der Waals surface area contributed by atoms with Gasteiger partial charge in [-0.1, -0.05) is 29.3 Å². The molecule has 2 aromatic rings. The topological polar surface area (TPSA) is 99.2 Å². The first-order valence-corrected chi connectivity index (χ1v) is 10.4. The summed E-state index contributed by atoms with van der Waals surface area (Å²) < 4.78 is 0. The van der Waals surface area contributed by atoms with Crippen LogP contribution in [-0.4, -0.2) is 11.7 Å². The maximum absolute atomic E-state index is 13.5. The number of anilines is 2. The second-order valence-corrected chi connectivity index (χ2v) is 8.47. The van der Waals surface area contributed by atoms with E-state index in [9.17, 15) is 14.9 Å². The van der Waals surface area contributed by atoms with E-state index < -0.39 is 11.3 Å². The van der Waals surface area contributed by atoms with Crippen molar-refractivity contribution in [2.75, 3.05) is 10.2 Å². The van der Waals surface area contributed by atoms with Gasteiger partial charge in [-0.15, -0.1) is 0 Å². The van der Waals surface area contributed by atoms with Gasteiger partial charge in [-0.3, -0.25) is 14.5 Å². The van der Waals surface area contributed by atoms with Gasteiger partial charge in [0.2, 0.25) is 5.91 Å². The van der Waals surface area contributed by atoms with Crippen molar-refractivity contribution in [2.24, 2.45) is 5.73 Å². The number of nitrogens with one attached hydrogen (secondary N) is 1. The Bertz CT molecular complexity index is 1270. The standard InChI is InChI=1S/C24H19ClN4O2/c1-13-5-10-18-16(11-13)24(23(31)28-18)17(12-26)22(27)29(15-8-6-14(25)7-9-15)19-3-2-4-20(30)21(19)24/h5-11H,2-4,27H2,1H3,(H,28,31). The van der Waals surface area contributed by atoms with Gasteiger partial charge in [0.15, 0.2) is 5.78 Å². The van der Waals surface area contributed by atoms with Crippen molar-refractivity contribution in [3.8, 4) is 6.07 Å². The Kier molecular flexibility index (Phi) is 4.21. The first-order chi connectivity index (χ1) is 14.9. The van der Waals surface area contributed by atoms with E-state index in [1.807, 2.05) is 25.1 Å². The zero-order valence-electron chi connectivity index (χ0n) is 16.8. The van der Waals surface area contributed by atoms with Crippen LogP contribution in [0.15, 0.2) is 65.1 Å². The van der Waals surface area contributed by atoms with Crippen molar-refractivity contribution in [3.05, 3.63) is 81.3 Å². The Morgan fingerprint density at radius 2 is 1.90 bits per heavy atom. The van der Waals surface area contributed by atoms with Crippen LogP contribution in [0.4, 0.5) is 11.4 Å². The van der Waals surface area contributed by atoms with Crippen molar-refractivity contribution in [2.45, 2.75) is 31.6 Å². The first kappa shape index (κ1) is 19.4. The number of aryl methyl sites for hydroxylation is 1. The SMILES string of the molecule is Cc1ccc2c(c1)C1(C(=O)N2)C(C#N)=C(N)N(c2ccc(Cl)cc2)C2=C1C(=O)CCC2. The van der Waals surface area contributed by atoms with Crippen molar-refractivity contribution in [3.63, 3.8) is 0 Å². The molecule has 31 heavy (non-hydrogen) atoms. The van der Waals surface area contributed by atoms with Gasteiger partial charge in [0.25, 0.3) is 0 Å². The fourth-order valence-electron chi connectivity index (χ4n) is 4.99. The molecule has 2 aliphatic heterocycles. The molecule has 3 aliphatic rings. The molecular weight excluding hydrogens is 412 g/mol. The molecule has 0 saturated carbocycles. The number of amides is 1. The highest BCUT2D eigenvalue weighted by Crippen LogP contribution is 2.55. The molecule has 2 aromatic carbocycles. The second-order valence-electron chi connectivity index (χ2n) is 8.04. The molecule has 6 nitrogen and oxygen atoms in total. The van der Waals surface area contributed by atoms with Crippen LogP contribution < -0.4 is 16.0 Å². The predicted molar refractivity (Wildman–Crippen MR) is 118 cm³/mol. The number of hydrogen-bond donors (Lipinski definition) is 2. The Hall–Kier alpha value is -3.56. The van der Waals surface area contributed by atoms with Gasteiger partial charge in [0.1, 0.15) is 17.3 Å². The highest BCUT2D eigenvalue weighted by Gasteiger charge is 2.60. The molecule has 1 spiro atoms. The molecule has 5 rings (SSSR count). The number of halogens is 1. The normalized spacial score (nSPS) is 22.4. The first-order valence-electron chi connectivity index (χ1n) is 10.0. The van der Waals surface area contributed by atoms with Crippen LogP contribution in [-0.2, 0) is 15.0 Å². The number of nitriles is 1. The quantitative estimate of drug-likeness (QED) is 0.710. The summed E-state index contributed by atoms with van der Waals surface area (Å²) in [4.78, 5) is 28.6. The molecule has 2 heterocycles. The smallest absolute Gasteiger partial charge is 0.245 e. The Balaban J connectivity index is 1.88. The largest absolute Gasteiger partial charge is 0.384 e. The average Bonchev–Trinajstić information content (AvgIpc) is 3.02. The third-order valence-electron chi connectivity index (χ3n) is 6.27. The van der Waals surface area contributed by atoms with Crippen LogP contribution in [0.2, 0.25) is 5.02 Å².